The van der Waals surface area contributed by atoms with Crippen molar-refractivity contribution < 1.29 is 43.2 Å². The van der Waals surface area contributed by atoms with Crippen molar-refractivity contribution in [3.63, 3.8) is 0 Å². The zero-order valence-corrected chi connectivity index (χ0v) is 19.4. The lowest BCUT2D eigenvalue weighted by atomic mass is 9.49. The van der Waals surface area contributed by atoms with E-state index in [4.69, 9.17) is 18.9 Å². The number of fused-ring (bicyclic) bond motifs is 2. The summed E-state index contributed by atoms with van der Waals surface area (Å²) >= 11 is 0. The summed E-state index contributed by atoms with van der Waals surface area (Å²) in [6.07, 6.45) is -3.30. The van der Waals surface area contributed by atoms with Crippen molar-refractivity contribution in [2.24, 2.45) is 23.2 Å². The lowest BCUT2D eigenvalue weighted by Crippen LogP contribution is -2.72. The molecule has 8 atom stereocenters. The Morgan fingerprint density at radius 3 is 2.25 bits per heavy atom. The van der Waals surface area contributed by atoms with Gasteiger partial charge in [0.25, 0.3) is 0 Å². The van der Waals surface area contributed by atoms with Crippen molar-refractivity contribution in [1.29, 1.82) is 0 Å². The summed E-state index contributed by atoms with van der Waals surface area (Å²) in [5, 5.41) is 11.5. The molecule has 1 N–H and O–H groups in total. The minimum Gasteiger partial charge on any atom is -0.462 e. The Labute approximate surface area is 187 Å². The summed E-state index contributed by atoms with van der Waals surface area (Å²) in [6, 6.07) is 0. The van der Waals surface area contributed by atoms with Gasteiger partial charge in [0, 0.05) is 25.3 Å². The van der Waals surface area contributed by atoms with E-state index < -0.39 is 77.1 Å². The largest absolute Gasteiger partial charge is 0.462 e. The van der Waals surface area contributed by atoms with Crippen LogP contribution in [-0.2, 0) is 38.1 Å². The molecule has 32 heavy (non-hydrogen) atoms. The van der Waals surface area contributed by atoms with Gasteiger partial charge in [-0.25, -0.2) is 4.79 Å². The highest BCUT2D eigenvalue weighted by molar-refractivity contribution is 5.91. The molecule has 2 aliphatic carbocycles. The van der Waals surface area contributed by atoms with E-state index in [1.807, 2.05) is 0 Å². The molecule has 0 unspecified atom stereocenters. The molecule has 9 heteroatoms. The van der Waals surface area contributed by atoms with Gasteiger partial charge in [-0.2, -0.15) is 0 Å². The summed E-state index contributed by atoms with van der Waals surface area (Å²) in [6.45, 7) is 13.0. The van der Waals surface area contributed by atoms with E-state index in [-0.39, 0.29) is 18.4 Å². The normalized spacial score (nSPS) is 40.8. The third-order valence-corrected chi connectivity index (χ3v) is 7.13. The first-order valence-corrected chi connectivity index (χ1v) is 10.9. The minimum absolute atomic E-state index is 0.0844. The summed E-state index contributed by atoms with van der Waals surface area (Å²) in [5.41, 5.74) is -2.52. The monoisotopic (exact) mass is 452 g/mol. The van der Waals surface area contributed by atoms with E-state index in [0.717, 1.165) is 0 Å². The van der Waals surface area contributed by atoms with E-state index in [1.165, 1.54) is 13.8 Å². The summed E-state index contributed by atoms with van der Waals surface area (Å²) in [7, 11) is 0. The predicted molar refractivity (Wildman–Crippen MR) is 110 cm³/mol. The first kappa shape index (κ1) is 24.2. The second kappa shape index (κ2) is 8.17. The van der Waals surface area contributed by atoms with Crippen molar-refractivity contribution in [2.75, 3.05) is 0 Å². The molecule has 3 rings (SSSR count). The average molecular weight is 453 g/mol. The summed E-state index contributed by atoms with van der Waals surface area (Å²) < 4.78 is 22.8. The molecule has 1 aliphatic heterocycles. The maximum absolute atomic E-state index is 12.7. The first-order valence-electron chi connectivity index (χ1n) is 10.9. The van der Waals surface area contributed by atoms with Gasteiger partial charge < -0.3 is 24.1 Å². The average Bonchev–Trinajstić information content (AvgIpc) is 2.94. The van der Waals surface area contributed by atoms with E-state index in [1.54, 1.807) is 27.7 Å². The SMILES string of the molecule is C=C1C(=O)O[C@@H]2[C@H]1[C@@H](OC(=O)C(C)C)[C@@H]1[C@@](C)([C@@H]2OC(C)=O)[C@H](OC(C)=O)CC[C@@]1(C)O. The number of hydrogen-bond donors (Lipinski definition) is 1. The third kappa shape index (κ3) is 3.80. The maximum atomic E-state index is 12.7. The Bertz CT molecular complexity index is 844. The molecule has 178 valence electrons. The van der Waals surface area contributed by atoms with Crippen LogP contribution in [0.25, 0.3) is 0 Å². The molecule has 0 amide bonds. The maximum Gasteiger partial charge on any atom is 0.334 e. The van der Waals surface area contributed by atoms with E-state index in [9.17, 15) is 24.3 Å². The van der Waals surface area contributed by atoms with Crippen molar-refractivity contribution >= 4 is 23.9 Å². The van der Waals surface area contributed by atoms with E-state index in [2.05, 4.69) is 6.58 Å². The fourth-order valence-electron chi connectivity index (χ4n) is 5.80. The molecule has 3 aliphatic rings. The van der Waals surface area contributed by atoms with Gasteiger partial charge >= 0.3 is 23.9 Å². The predicted octanol–water partition coefficient (Wildman–Crippen LogP) is 1.70. The molecule has 0 bridgehead atoms. The molecule has 1 heterocycles. The quantitative estimate of drug-likeness (QED) is 0.385. The van der Waals surface area contributed by atoms with Gasteiger partial charge in [0.15, 0.2) is 6.10 Å². The van der Waals surface area contributed by atoms with Crippen molar-refractivity contribution in [3.05, 3.63) is 12.2 Å². The summed E-state index contributed by atoms with van der Waals surface area (Å²) in [4.78, 5) is 49.2. The molecule has 2 saturated carbocycles. The fourth-order valence-corrected chi connectivity index (χ4v) is 5.80. The molecule has 0 aromatic carbocycles. The molecular formula is C23H32O9. The Morgan fingerprint density at radius 1 is 1.12 bits per heavy atom. The van der Waals surface area contributed by atoms with Crippen LogP contribution in [0.5, 0.6) is 0 Å². The highest BCUT2D eigenvalue weighted by Crippen LogP contribution is 2.60. The van der Waals surface area contributed by atoms with Crippen LogP contribution in [0.15, 0.2) is 12.2 Å². The topological polar surface area (TPSA) is 125 Å². The number of esters is 4. The van der Waals surface area contributed by atoms with Crippen molar-refractivity contribution in [2.45, 2.75) is 84.4 Å². The van der Waals surface area contributed by atoms with Gasteiger partial charge in [0.1, 0.15) is 18.3 Å². The number of ether oxygens (including phenoxy) is 4. The van der Waals surface area contributed by atoms with Gasteiger partial charge in [-0.05, 0) is 19.8 Å². The molecule has 0 aromatic heterocycles. The molecule has 9 nitrogen and oxygen atoms in total. The standard InChI is InChI=1S/C23H32O9/c1-10(2)20(26)31-16-15-11(3)21(27)32-17(15)19(30-13(5)25)23(7)14(29-12(4)24)8-9-22(6,28)18(16)23/h10,14-19,28H,3,8-9H2,1-2,4-7H3/t14-,15-,16-,17-,18+,19-,22-,23+/m1/s1. The summed E-state index contributed by atoms with van der Waals surface area (Å²) in [5.74, 6) is -4.48. The third-order valence-electron chi connectivity index (χ3n) is 7.13. The van der Waals surface area contributed by atoms with Crippen molar-refractivity contribution in [1.82, 2.24) is 0 Å². The number of carbonyl (C=O) groups is 4. The van der Waals surface area contributed by atoms with Crippen LogP contribution in [0.2, 0.25) is 0 Å². The molecule has 0 radical (unpaired) electrons. The first-order chi connectivity index (χ1) is 14.7. The smallest absolute Gasteiger partial charge is 0.334 e. The molecule has 3 fully saturated rings. The second-order valence-electron chi connectivity index (χ2n) is 9.84. The number of rotatable bonds is 4. The Hall–Kier alpha value is -2.42. The fraction of sp³-hybridized carbons (Fsp3) is 0.739. The Morgan fingerprint density at radius 2 is 1.72 bits per heavy atom. The van der Waals surface area contributed by atoms with Gasteiger partial charge in [0.05, 0.1) is 22.9 Å². The second-order valence-corrected chi connectivity index (χ2v) is 9.84. The highest BCUT2D eigenvalue weighted by Gasteiger charge is 2.72. The van der Waals surface area contributed by atoms with Crippen LogP contribution < -0.4 is 0 Å². The van der Waals surface area contributed by atoms with Crippen LogP contribution in [0.4, 0.5) is 0 Å². The van der Waals surface area contributed by atoms with Crippen LogP contribution in [0, 0.1) is 23.2 Å². The molecule has 0 aromatic rings. The lowest BCUT2D eigenvalue weighted by Gasteiger charge is -2.61. The minimum atomic E-state index is -1.39. The van der Waals surface area contributed by atoms with Gasteiger partial charge in [-0.15, -0.1) is 0 Å². The zero-order chi connectivity index (χ0) is 24.2. The lowest BCUT2D eigenvalue weighted by molar-refractivity contribution is -0.280. The van der Waals surface area contributed by atoms with Crippen molar-refractivity contribution in [3.8, 4) is 0 Å². The van der Waals surface area contributed by atoms with Gasteiger partial charge in [0.2, 0.25) is 0 Å². The van der Waals surface area contributed by atoms with Crippen LogP contribution >= 0.6 is 0 Å². The zero-order valence-electron chi connectivity index (χ0n) is 19.4. The highest BCUT2D eigenvalue weighted by atomic mass is 16.6. The Balaban J connectivity index is 2.23. The number of aliphatic hydroxyl groups is 1. The van der Waals surface area contributed by atoms with E-state index in [0.29, 0.717) is 0 Å². The molecular weight excluding hydrogens is 420 g/mol. The Kier molecular flexibility index (Phi) is 6.19. The van der Waals surface area contributed by atoms with Gasteiger partial charge in [-0.1, -0.05) is 27.4 Å². The van der Waals surface area contributed by atoms with E-state index >= 15 is 0 Å². The van der Waals surface area contributed by atoms with Crippen LogP contribution in [0.3, 0.4) is 0 Å². The number of hydrogen-bond acceptors (Lipinski definition) is 9. The van der Waals surface area contributed by atoms with Gasteiger partial charge in [-0.3, -0.25) is 14.4 Å². The van der Waals surface area contributed by atoms with Crippen LogP contribution in [-0.4, -0.2) is 59.0 Å². The molecule has 1 saturated heterocycles. The molecule has 0 spiro atoms. The van der Waals surface area contributed by atoms with Crippen LogP contribution in [0.1, 0.15) is 54.4 Å². The number of carbonyl (C=O) groups excluding carboxylic acids is 4.